The summed E-state index contributed by atoms with van der Waals surface area (Å²) in [6.07, 6.45) is 7.44. The Balaban J connectivity index is 1.74. The smallest absolute Gasteiger partial charge is 0.122 e. The molecule has 0 atom stereocenters. The van der Waals surface area contributed by atoms with Crippen LogP contribution in [0.5, 0.6) is 5.75 Å². The molecule has 0 heterocycles. The first-order chi connectivity index (χ1) is 9.24. The van der Waals surface area contributed by atoms with Crippen LogP contribution in [0.25, 0.3) is 0 Å². The minimum atomic E-state index is 0.775. The predicted octanol–water partition coefficient (Wildman–Crippen LogP) is 4.84. The summed E-state index contributed by atoms with van der Waals surface area (Å²) < 4.78 is 7.00. The minimum absolute atomic E-state index is 0.775. The van der Waals surface area contributed by atoms with Gasteiger partial charge in [-0.2, -0.15) is 0 Å². The van der Waals surface area contributed by atoms with E-state index >= 15 is 0 Å². The number of benzene rings is 1. The topological polar surface area (TPSA) is 9.23 Å². The molecule has 5 rings (SSSR count). The van der Waals surface area contributed by atoms with Gasteiger partial charge in [0, 0.05) is 3.57 Å². The van der Waals surface area contributed by atoms with Crippen LogP contribution >= 0.6 is 22.6 Å². The molecule has 4 aliphatic carbocycles. The van der Waals surface area contributed by atoms with E-state index in [-0.39, 0.29) is 0 Å². The van der Waals surface area contributed by atoms with Crippen molar-refractivity contribution in [1.29, 1.82) is 0 Å². The third-order valence-electron chi connectivity index (χ3n) is 5.78. The van der Waals surface area contributed by atoms with Gasteiger partial charge in [0.2, 0.25) is 0 Å². The van der Waals surface area contributed by atoms with Gasteiger partial charge in [0.05, 0.1) is 7.11 Å². The zero-order valence-corrected chi connectivity index (χ0v) is 13.6. The molecule has 0 radical (unpaired) electrons. The van der Waals surface area contributed by atoms with Crippen LogP contribution in [-0.4, -0.2) is 7.11 Å². The first kappa shape index (κ1) is 12.5. The van der Waals surface area contributed by atoms with E-state index in [1.54, 1.807) is 0 Å². The lowest BCUT2D eigenvalue weighted by molar-refractivity contribution is -0.00349. The van der Waals surface area contributed by atoms with Crippen molar-refractivity contribution in [3.8, 4) is 5.75 Å². The van der Waals surface area contributed by atoms with Crippen molar-refractivity contribution in [2.75, 3.05) is 7.11 Å². The van der Waals surface area contributed by atoms with Gasteiger partial charge in [-0.15, -0.1) is 0 Å². The van der Waals surface area contributed by atoms with Crippen molar-refractivity contribution in [2.45, 2.75) is 38.0 Å². The van der Waals surface area contributed by atoms with E-state index in [9.17, 15) is 0 Å². The van der Waals surface area contributed by atoms with E-state index < -0.39 is 0 Å². The summed E-state index contributed by atoms with van der Waals surface area (Å²) in [6, 6.07) is 6.72. The Morgan fingerprint density at radius 3 is 2.21 bits per heavy atom. The van der Waals surface area contributed by atoms with Crippen LogP contribution in [0.2, 0.25) is 0 Å². The molecule has 1 nitrogen and oxygen atoms in total. The molecule has 4 aliphatic rings. The number of ether oxygens (including phenoxy) is 1. The number of hydrogen-bond donors (Lipinski definition) is 0. The standard InChI is InChI=1S/C17H21IO/c1-19-16-3-2-14(18)9-15(16)17-12-5-10-4-11(7-12)8-13(17)6-10/h2-3,9-13,17H,4-8H2,1H3. The Morgan fingerprint density at radius 2 is 1.63 bits per heavy atom. The normalized spacial score (nSPS) is 39.6. The van der Waals surface area contributed by atoms with Crippen LogP contribution in [0.1, 0.15) is 43.6 Å². The molecule has 2 heteroatoms. The first-order valence-electron chi connectivity index (χ1n) is 7.58. The average Bonchev–Trinajstić information content (AvgIpc) is 2.37. The van der Waals surface area contributed by atoms with Crippen LogP contribution in [0, 0.1) is 27.2 Å². The lowest BCUT2D eigenvalue weighted by atomic mass is 9.50. The van der Waals surface area contributed by atoms with Crippen LogP contribution in [-0.2, 0) is 0 Å². The third-order valence-corrected chi connectivity index (χ3v) is 6.45. The van der Waals surface area contributed by atoms with Gasteiger partial charge in [-0.1, -0.05) is 0 Å². The minimum Gasteiger partial charge on any atom is -0.496 e. The van der Waals surface area contributed by atoms with Crippen molar-refractivity contribution >= 4 is 22.6 Å². The van der Waals surface area contributed by atoms with E-state index in [4.69, 9.17) is 4.74 Å². The van der Waals surface area contributed by atoms with Gasteiger partial charge >= 0.3 is 0 Å². The molecule has 4 saturated carbocycles. The fourth-order valence-corrected chi connectivity index (χ4v) is 5.91. The second-order valence-electron chi connectivity index (χ2n) is 6.84. The van der Waals surface area contributed by atoms with E-state index in [0.717, 1.165) is 35.3 Å². The van der Waals surface area contributed by atoms with Gasteiger partial charge < -0.3 is 4.74 Å². The third kappa shape index (κ3) is 2.01. The van der Waals surface area contributed by atoms with Crippen LogP contribution in [0.15, 0.2) is 18.2 Å². The number of hydrogen-bond acceptors (Lipinski definition) is 1. The zero-order valence-electron chi connectivity index (χ0n) is 11.4. The predicted molar refractivity (Wildman–Crippen MR) is 85.5 cm³/mol. The van der Waals surface area contributed by atoms with Crippen molar-refractivity contribution < 1.29 is 4.74 Å². The second-order valence-corrected chi connectivity index (χ2v) is 8.09. The van der Waals surface area contributed by atoms with Gasteiger partial charge in [0.25, 0.3) is 0 Å². The Kier molecular flexibility index (Phi) is 3.05. The molecule has 0 aromatic heterocycles. The summed E-state index contributed by atoms with van der Waals surface area (Å²) in [4.78, 5) is 0. The van der Waals surface area contributed by atoms with Gasteiger partial charge in [-0.05, 0) is 108 Å². The van der Waals surface area contributed by atoms with E-state index in [1.165, 1.54) is 41.2 Å². The molecular weight excluding hydrogens is 347 g/mol. The van der Waals surface area contributed by atoms with E-state index in [0.29, 0.717) is 0 Å². The number of rotatable bonds is 2. The lowest BCUT2D eigenvalue weighted by Gasteiger charge is -2.54. The van der Waals surface area contributed by atoms with Crippen LogP contribution in [0.4, 0.5) is 0 Å². The summed E-state index contributed by atoms with van der Waals surface area (Å²) in [7, 11) is 1.82. The Hall–Kier alpha value is -0.250. The van der Waals surface area contributed by atoms with Crippen molar-refractivity contribution in [3.63, 3.8) is 0 Å². The Bertz CT molecular complexity index is 468. The lowest BCUT2D eigenvalue weighted by Crippen LogP contribution is -2.43. The Morgan fingerprint density at radius 1 is 1.00 bits per heavy atom. The first-order valence-corrected chi connectivity index (χ1v) is 8.66. The van der Waals surface area contributed by atoms with Gasteiger partial charge in [0.15, 0.2) is 0 Å². The van der Waals surface area contributed by atoms with E-state index in [1.807, 2.05) is 7.11 Å². The second kappa shape index (κ2) is 4.64. The molecule has 0 N–H and O–H groups in total. The van der Waals surface area contributed by atoms with Gasteiger partial charge in [0.1, 0.15) is 5.75 Å². The number of methoxy groups -OCH3 is 1. The molecule has 0 aliphatic heterocycles. The molecule has 0 spiro atoms. The SMILES string of the molecule is COc1ccc(I)cc1C1C2CC3CC(C2)CC1C3. The molecule has 1 aromatic carbocycles. The number of halogens is 1. The molecule has 102 valence electrons. The molecule has 0 amide bonds. The fraction of sp³-hybridized carbons (Fsp3) is 0.647. The largest absolute Gasteiger partial charge is 0.496 e. The summed E-state index contributed by atoms with van der Waals surface area (Å²) in [5.41, 5.74) is 1.50. The summed E-state index contributed by atoms with van der Waals surface area (Å²) >= 11 is 2.44. The quantitative estimate of drug-likeness (QED) is 0.679. The summed E-state index contributed by atoms with van der Waals surface area (Å²) in [5, 5.41) is 0. The molecule has 4 bridgehead atoms. The highest BCUT2D eigenvalue weighted by atomic mass is 127. The van der Waals surface area contributed by atoms with Gasteiger partial charge in [-0.25, -0.2) is 0 Å². The van der Waals surface area contributed by atoms with Crippen molar-refractivity contribution in [3.05, 3.63) is 27.3 Å². The Labute approximate surface area is 129 Å². The highest BCUT2D eigenvalue weighted by Crippen LogP contribution is 2.60. The highest BCUT2D eigenvalue weighted by Gasteiger charge is 2.49. The molecule has 0 unspecified atom stereocenters. The van der Waals surface area contributed by atoms with Gasteiger partial charge in [-0.3, -0.25) is 0 Å². The molecule has 4 fully saturated rings. The van der Waals surface area contributed by atoms with Crippen molar-refractivity contribution in [1.82, 2.24) is 0 Å². The molecule has 19 heavy (non-hydrogen) atoms. The monoisotopic (exact) mass is 368 g/mol. The fourth-order valence-electron chi connectivity index (χ4n) is 5.40. The van der Waals surface area contributed by atoms with E-state index in [2.05, 4.69) is 40.8 Å². The maximum absolute atomic E-state index is 5.65. The highest BCUT2D eigenvalue weighted by molar-refractivity contribution is 14.1. The molecular formula is C17H21IO. The molecule has 1 aromatic rings. The average molecular weight is 368 g/mol. The van der Waals surface area contributed by atoms with Crippen LogP contribution < -0.4 is 4.74 Å². The maximum Gasteiger partial charge on any atom is 0.122 e. The van der Waals surface area contributed by atoms with Crippen molar-refractivity contribution in [2.24, 2.45) is 23.7 Å². The maximum atomic E-state index is 5.65. The summed E-state index contributed by atoms with van der Waals surface area (Å²) in [6.45, 7) is 0. The summed E-state index contributed by atoms with van der Waals surface area (Å²) in [5.74, 6) is 5.86. The van der Waals surface area contributed by atoms with Crippen LogP contribution in [0.3, 0.4) is 0 Å². The zero-order chi connectivity index (χ0) is 13.0. The molecule has 0 saturated heterocycles.